The molecule has 3 rings (SSSR count). The maximum atomic E-state index is 12.4. The molecular weight excluding hydrogens is 346 g/mol. The molecule has 1 aliphatic rings. The highest BCUT2D eigenvalue weighted by Crippen LogP contribution is 2.23. The number of carbonyl (C=O) groups is 1. The Hall–Kier alpha value is -2.39. The molecule has 1 amide bonds. The number of aromatic nitrogens is 1. The number of amides is 1. The highest BCUT2D eigenvalue weighted by molar-refractivity contribution is 7.89. The number of aryl methyl sites for hydroxylation is 3. The lowest BCUT2D eigenvalue weighted by Gasteiger charge is -2.13. The van der Waals surface area contributed by atoms with Gasteiger partial charge in [0.1, 0.15) is 16.7 Å². The molecule has 0 spiro atoms. The third-order valence-corrected chi connectivity index (χ3v) is 5.59. The van der Waals surface area contributed by atoms with E-state index in [-0.39, 0.29) is 29.4 Å². The summed E-state index contributed by atoms with van der Waals surface area (Å²) in [5, 5.41) is 3.65. The summed E-state index contributed by atoms with van der Waals surface area (Å²) in [4.78, 5) is 13.6. The van der Waals surface area contributed by atoms with E-state index in [2.05, 4.69) is 9.88 Å². The van der Waals surface area contributed by atoms with Crippen LogP contribution in [0.4, 0.5) is 10.5 Å². The van der Waals surface area contributed by atoms with Gasteiger partial charge in [-0.2, -0.15) is 0 Å². The third kappa shape index (κ3) is 3.52. The minimum atomic E-state index is -3.79. The molecule has 134 valence electrons. The molecule has 1 aromatic heterocycles. The number of nitrogens with one attached hydrogen (secondary N) is 1. The lowest BCUT2D eigenvalue weighted by atomic mass is 10.2. The summed E-state index contributed by atoms with van der Waals surface area (Å²) in [5.41, 5.74) is 2.03. The van der Waals surface area contributed by atoms with E-state index in [1.54, 1.807) is 6.92 Å². The van der Waals surface area contributed by atoms with Crippen LogP contribution in [0.25, 0.3) is 0 Å². The first kappa shape index (κ1) is 17.4. The van der Waals surface area contributed by atoms with E-state index in [1.807, 2.05) is 31.2 Å². The molecule has 0 bridgehead atoms. The Morgan fingerprint density at radius 1 is 1.32 bits per heavy atom. The van der Waals surface area contributed by atoms with Crippen LogP contribution in [0.1, 0.15) is 17.0 Å². The van der Waals surface area contributed by atoms with Crippen molar-refractivity contribution < 1.29 is 22.5 Å². The third-order valence-electron chi connectivity index (χ3n) is 3.93. The Morgan fingerprint density at radius 2 is 2.08 bits per heavy atom. The van der Waals surface area contributed by atoms with E-state index in [9.17, 15) is 13.2 Å². The van der Waals surface area contributed by atoms with Crippen molar-refractivity contribution in [3.63, 3.8) is 0 Å². The maximum Gasteiger partial charge on any atom is 0.414 e. The Labute approximate surface area is 145 Å². The van der Waals surface area contributed by atoms with Crippen LogP contribution in [0, 0.1) is 20.8 Å². The molecule has 8 nitrogen and oxygen atoms in total. The van der Waals surface area contributed by atoms with Gasteiger partial charge in [-0.3, -0.25) is 4.90 Å². The summed E-state index contributed by atoms with van der Waals surface area (Å²) in [6.45, 7) is 5.26. The van der Waals surface area contributed by atoms with Gasteiger partial charge in [-0.25, -0.2) is 17.9 Å². The minimum Gasteiger partial charge on any atom is -0.443 e. The van der Waals surface area contributed by atoms with E-state index >= 15 is 0 Å². The van der Waals surface area contributed by atoms with E-state index in [1.165, 1.54) is 11.8 Å². The van der Waals surface area contributed by atoms with Crippen molar-refractivity contribution in [2.45, 2.75) is 31.8 Å². The van der Waals surface area contributed by atoms with E-state index < -0.39 is 22.2 Å². The maximum absolute atomic E-state index is 12.4. The molecule has 1 aromatic carbocycles. The van der Waals surface area contributed by atoms with E-state index in [0.29, 0.717) is 0 Å². The molecule has 1 saturated heterocycles. The molecule has 0 radical (unpaired) electrons. The van der Waals surface area contributed by atoms with Crippen molar-refractivity contribution in [3.05, 3.63) is 41.3 Å². The van der Waals surface area contributed by atoms with Crippen LogP contribution >= 0.6 is 0 Å². The molecule has 25 heavy (non-hydrogen) atoms. The van der Waals surface area contributed by atoms with Crippen LogP contribution in [0.2, 0.25) is 0 Å². The number of hydrogen-bond donors (Lipinski definition) is 1. The molecule has 2 heterocycles. The van der Waals surface area contributed by atoms with E-state index in [4.69, 9.17) is 9.26 Å². The number of anilines is 1. The quantitative estimate of drug-likeness (QED) is 0.868. The van der Waals surface area contributed by atoms with Crippen molar-refractivity contribution in [2.24, 2.45) is 0 Å². The number of nitrogens with zero attached hydrogens (tertiary/aromatic N) is 2. The molecular formula is C16H19N3O5S. The van der Waals surface area contributed by atoms with Crippen molar-refractivity contribution in [1.82, 2.24) is 9.88 Å². The fraction of sp³-hybridized carbons (Fsp3) is 0.375. The number of hydrogen-bond acceptors (Lipinski definition) is 6. The average molecular weight is 365 g/mol. The second kappa shape index (κ2) is 6.49. The number of benzene rings is 1. The van der Waals surface area contributed by atoms with Gasteiger partial charge in [0.2, 0.25) is 10.0 Å². The molecule has 1 aliphatic heterocycles. The zero-order valence-electron chi connectivity index (χ0n) is 14.1. The van der Waals surface area contributed by atoms with Crippen LogP contribution in [0.15, 0.2) is 33.7 Å². The monoisotopic (exact) mass is 365 g/mol. The fourth-order valence-corrected chi connectivity index (χ4v) is 4.16. The van der Waals surface area contributed by atoms with Gasteiger partial charge < -0.3 is 9.26 Å². The first-order valence-corrected chi connectivity index (χ1v) is 9.23. The Bertz CT molecular complexity index is 887. The van der Waals surface area contributed by atoms with Crippen molar-refractivity contribution >= 4 is 21.8 Å². The number of rotatable bonds is 5. The van der Waals surface area contributed by atoms with Gasteiger partial charge in [0.15, 0.2) is 5.76 Å². The molecule has 9 heteroatoms. The number of sulfonamides is 1. The van der Waals surface area contributed by atoms with Gasteiger partial charge in [0.25, 0.3) is 0 Å². The fourth-order valence-electron chi connectivity index (χ4n) is 2.77. The van der Waals surface area contributed by atoms with E-state index in [0.717, 1.165) is 11.3 Å². The molecule has 0 saturated carbocycles. The Balaban J connectivity index is 1.68. The highest BCUT2D eigenvalue weighted by Gasteiger charge is 2.34. The standard InChI is InChI=1S/C16H19N3O5S/c1-10-5-4-6-13(7-10)19-9-14(23-16(19)20)8-17-25(21,22)15-11(2)18-24-12(15)3/h4-7,14,17H,8-9H2,1-3H3. The second-order valence-corrected chi connectivity index (χ2v) is 7.66. The predicted molar refractivity (Wildman–Crippen MR) is 90.0 cm³/mol. The van der Waals surface area contributed by atoms with Crippen molar-refractivity contribution in [1.29, 1.82) is 0 Å². The topological polar surface area (TPSA) is 102 Å². The Kier molecular flexibility index (Phi) is 4.53. The summed E-state index contributed by atoms with van der Waals surface area (Å²) >= 11 is 0. The first-order valence-electron chi connectivity index (χ1n) is 7.75. The average Bonchev–Trinajstić information content (AvgIpc) is 3.08. The van der Waals surface area contributed by atoms with Crippen LogP contribution in [0.5, 0.6) is 0 Å². The van der Waals surface area contributed by atoms with Gasteiger partial charge in [-0.15, -0.1) is 0 Å². The van der Waals surface area contributed by atoms with Crippen LogP contribution in [0.3, 0.4) is 0 Å². The number of carbonyl (C=O) groups excluding carboxylic acids is 1. The zero-order chi connectivity index (χ0) is 18.2. The molecule has 1 fully saturated rings. The summed E-state index contributed by atoms with van der Waals surface area (Å²) in [6.07, 6.45) is -1.07. The number of ether oxygens (including phenoxy) is 1. The van der Waals surface area contributed by atoms with Gasteiger partial charge in [0.05, 0.1) is 6.54 Å². The summed E-state index contributed by atoms with van der Waals surface area (Å²) in [6, 6.07) is 7.47. The molecule has 2 aromatic rings. The first-order chi connectivity index (χ1) is 11.8. The van der Waals surface area contributed by atoms with Gasteiger partial charge in [-0.1, -0.05) is 17.3 Å². The molecule has 0 aliphatic carbocycles. The van der Waals surface area contributed by atoms with Crippen molar-refractivity contribution in [3.8, 4) is 0 Å². The van der Waals surface area contributed by atoms with Crippen molar-refractivity contribution in [2.75, 3.05) is 18.0 Å². The van der Waals surface area contributed by atoms with Gasteiger partial charge in [-0.05, 0) is 38.5 Å². The number of cyclic esters (lactones) is 1. The van der Waals surface area contributed by atoms with Crippen LogP contribution < -0.4 is 9.62 Å². The smallest absolute Gasteiger partial charge is 0.414 e. The summed E-state index contributed by atoms with van der Waals surface area (Å²) in [5.74, 6) is 0.217. The SMILES string of the molecule is Cc1cccc(N2CC(CNS(=O)(=O)c3c(C)noc3C)OC2=O)c1. The predicted octanol–water partition coefficient (Wildman–Crippen LogP) is 1.90. The lowest BCUT2D eigenvalue weighted by Crippen LogP contribution is -2.35. The molecule has 1 atom stereocenters. The van der Waals surface area contributed by atoms with Gasteiger partial charge in [0, 0.05) is 12.2 Å². The van der Waals surface area contributed by atoms with Gasteiger partial charge >= 0.3 is 6.09 Å². The normalized spacial score (nSPS) is 17.8. The highest BCUT2D eigenvalue weighted by atomic mass is 32.2. The second-order valence-electron chi connectivity index (χ2n) is 5.96. The summed E-state index contributed by atoms with van der Waals surface area (Å²) < 4.78 is 37.4. The Morgan fingerprint density at radius 3 is 2.72 bits per heavy atom. The summed E-state index contributed by atoms with van der Waals surface area (Å²) in [7, 11) is -3.79. The molecule has 1 unspecified atom stereocenters. The zero-order valence-corrected chi connectivity index (χ0v) is 15.0. The van der Waals surface area contributed by atoms with Crippen LogP contribution in [-0.4, -0.2) is 38.9 Å². The largest absolute Gasteiger partial charge is 0.443 e. The molecule has 1 N–H and O–H groups in total. The lowest BCUT2D eigenvalue weighted by molar-refractivity contribution is 0.143. The minimum absolute atomic E-state index is 0.0207. The van der Waals surface area contributed by atoms with Crippen LogP contribution in [-0.2, 0) is 14.8 Å².